The fraction of sp³-hybridized carbons (Fsp3) is 0.280. The first-order chi connectivity index (χ1) is 16.7. The first kappa shape index (κ1) is 25.2. The summed E-state index contributed by atoms with van der Waals surface area (Å²) in [4.78, 5) is 2.37. The van der Waals surface area contributed by atoms with Gasteiger partial charge in [0, 0.05) is 68.5 Å². The quantitative estimate of drug-likeness (QED) is 0.309. The van der Waals surface area contributed by atoms with Gasteiger partial charge in [-0.3, -0.25) is 4.90 Å². The Labute approximate surface area is 226 Å². The van der Waals surface area contributed by atoms with E-state index in [9.17, 15) is 13.5 Å². The van der Waals surface area contributed by atoms with Crippen LogP contribution in [0.25, 0.3) is 21.8 Å². The van der Waals surface area contributed by atoms with Gasteiger partial charge >= 0.3 is 0 Å². The third-order valence-corrected chi connectivity index (χ3v) is 9.59. The first-order valence-corrected chi connectivity index (χ1v) is 14.7. The normalized spacial score (nSPS) is 16.8. The van der Waals surface area contributed by atoms with Gasteiger partial charge in [0.1, 0.15) is 0 Å². The highest BCUT2D eigenvalue weighted by Crippen LogP contribution is 2.33. The van der Waals surface area contributed by atoms with Crippen LogP contribution in [0.5, 0.6) is 0 Å². The predicted molar refractivity (Wildman–Crippen MR) is 148 cm³/mol. The minimum absolute atomic E-state index is 0.250. The van der Waals surface area contributed by atoms with Gasteiger partial charge in [-0.2, -0.15) is 4.31 Å². The third kappa shape index (κ3) is 5.18. The lowest BCUT2D eigenvalue weighted by molar-refractivity contribution is 0.0823. The van der Waals surface area contributed by atoms with Gasteiger partial charge in [0.15, 0.2) is 0 Å². The van der Waals surface area contributed by atoms with Crippen molar-refractivity contribution in [2.45, 2.75) is 17.5 Å². The summed E-state index contributed by atoms with van der Waals surface area (Å²) in [7, 11) is -3.55. The molecule has 3 aromatic carbocycles. The number of aromatic nitrogens is 1. The zero-order valence-corrected chi connectivity index (χ0v) is 23.5. The van der Waals surface area contributed by atoms with E-state index in [1.807, 2.05) is 12.1 Å². The SMILES string of the molecule is O=S(=O)(c1ccc(Cl)cc1)N1CCN(CC(O)Cn2c3ccc(Br)cc3c3cc(Br)ccc32)CC1. The molecule has 6 nitrogen and oxygen atoms in total. The van der Waals surface area contributed by atoms with Gasteiger partial charge in [-0.25, -0.2) is 8.42 Å². The van der Waals surface area contributed by atoms with Crippen molar-refractivity contribution in [2.75, 3.05) is 32.7 Å². The fourth-order valence-corrected chi connectivity index (χ4v) is 6.99. The monoisotopic (exact) mass is 639 g/mol. The van der Waals surface area contributed by atoms with E-state index in [1.54, 1.807) is 12.1 Å². The molecule has 184 valence electrons. The highest BCUT2D eigenvalue weighted by Gasteiger charge is 2.29. The Kier molecular flexibility index (Phi) is 7.29. The van der Waals surface area contributed by atoms with Crippen LogP contribution in [0, 0.1) is 0 Å². The molecule has 0 aliphatic carbocycles. The maximum Gasteiger partial charge on any atom is 0.243 e. The maximum atomic E-state index is 12.9. The van der Waals surface area contributed by atoms with E-state index >= 15 is 0 Å². The molecule has 0 spiro atoms. The van der Waals surface area contributed by atoms with Crippen LogP contribution in [-0.2, 0) is 16.6 Å². The van der Waals surface area contributed by atoms with Crippen molar-refractivity contribution in [3.05, 3.63) is 74.6 Å². The number of fused-ring (bicyclic) bond motifs is 3. The van der Waals surface area contributed by atoms with Gasteiger partial charge in [-0.05, 0) is 60.7 Å². The Morgan fingerprint density at radius 1 is 0.829 bits per heavy atom. The first-order valence-electron chi connectivity index (χ1n) is 11.3. The second kappa shape index (κ2) is 10.1. The van der Waals surface area contributed by atoms with Crippen molar-refractivity contribution in [3.63, 3.8) is 0 Å². The molecule has 10 heteroatoms. The molecule has 1 aliphatic heterocycles. The molecule has 1 aromatic heterocycles. The van der Waals surface area contributed by atoms with E-state index in [2.05, 4.69) is 65.6 Å². The molecule has 1 N–H and O–H groups in total. The summed E-state index contributed by atoms with van der Waals surface area (Å²) >= 11 is 13.0. The van der Waals surface area contributed by atoms with E-state index in [0.29, 0.717) is 44.3 Å². The fourth-order valence-electron chi connectivity index (χ4n) is 4.72. The Morgan fingerprint density at radius 2 is 1.37 bits per heavy atom. The molecular formula is C25H24Br2ClN3O3S. The number of nitrogens with zero attached hydrogens (tertiary/aromatic N) is 3. The van der Waals surface area contributed by atoms with Crippen molar-refractivity contribution in [3.8, 4) is 0 Å². The van der Waals surface area contributed by atoms with Gasteiger partial charge in [-0.1, -0.05) is 43.5 Å². The molecular weight excluding hydrogens is 618 g/mol. The van der Waals surface area contributed by atoms with Crippen molar-refractivity contribution < 1.29 is 13.5 Å². The van der Waals surface area contributed by atoms with Crippen molar-refractivity contribution in [1.29, 1.82) is 0 Å². The number of hydrogen-bond donors (Lipinski definition) is 1. The maximum absolute atomic E-state index is 12.9. The molecule has 0 bridgehead atoms. The summed E-state index contributed by atoms with van der Waals surface area (Å²) < 4.78 is 31.6. The second-order valence-corrected chi connectivity index (χ2v) is 13.0. The Balaban J connectivity index is 1.28. The van der Waals surface area contributed by atoms with Crippen LogP contribution in [0.3, 0.4) is 0 Å². The number of sulfonamides is 1. The Bertz CT molecular complexity index is 1420. The van der Waals surface area contributed by atoms with Gasteiger partial charge in [0.2, 0.25) is 10.0 Å². The molecule has 1 atom stereocenters. The molecule has 1 saturated heterocycles. The van der Waals surface area contributed by atoms with Gasteiger partial charge in [-0.15, -0.1) is 0 Å². The highest BCUT2D eigenvalue weighted by atomic mass is 79.9. The molecule has 1 unspecified atom stereocenters. The van der Waals surface area contributed by atoms with Gasteiger partial charge in [0.05, 0.1) is 17.5 Å². The second-order valence-electron chi connectivity index (χ2n) is 8.75. The summed E-state index contributed by atoms with van der Waals surface area (Å²) in [5.74, 6) is 0. The summed E-state index contributed by atoms with van der Waals surface area (Å²) in [6.07, 6.45) is -0.597. The van der Waals surface area contributed by atoms with Crippen LogP contribution in [0.15, 0.2) is 74.5 Å². The molecule has 1 fully saturated rings. The smallest absolute Gasteiger partial charge is 0.243 e. The van der Waals surface area contributed by atoms with Crippen molar-refractivity contribution in [1.82, 2.24) is 13.8 Å². The average Bonchev–Trinajstić information content (AvgIpc) is 3.11. The van der Waals surface area contributed by atoms with Crippen molar-refractivity contribution >= 4 is 75.3 Å². The number of aliphatic hydroxyl groups is 1. The molecule has 4 aromatic rings. The molecule has 0 amide bonds. The topological polar surface area (TPSA) is 65.8 Å². The average molecular weight is 642 g/mol. The number of halogens is 3. The number of piperazine rings is 1. The molecule has 0 saturated carbocycles. The zero-order valence-electron chi connectivity index (χ0n) is 18.7. The van der Waals surface area contributed by atoms with Crippen LogP contribution >= 0.6 is 43.5 Å². The predicted octanol–water partition coefficient (Wildman–Crippen LogP) is 5.34. The van der Waals surface area contributed by atoms with Gasteiger partial charge in [0.25, 0.3) is 0 Å². The molecule has 0 radical (unpaired) electrons. The largest absolute Gasteiger partial charge is 0.390 e. The van der Waals surface area contributed by atoms with E-state index in [4.69, 9.17) is 11.6 Å². The third-order valence-electron chi connectivity index (χ3n) is 6.43. The lowest BCUT2D eigenvalue weighted by atomic mass is 10.2. The van der Waals surface area contributed by atoms with Crippen LogP contribution in [0.2, 0.25) is 5.02 Å². The summed E-state index contributed by atoms with van der Waals surface area (Å²) in [6.45, 7) is 2.83. The minimum atomic E-state index is -3.55. The molecule has 1 aliphatic rings. The van der Waals surface area contributed by atoms with Gasteiger partial charge < -0.3 is 9.67 Å². The van der Waals surface area contributed by atoms with Crippen molar-refractivity contribution in [2.24, 2.45) is 0 Å². The Morgan fingerprint density at radius 3 is 1.91 bits per heavy atom. The summed E-state index contributed by atoms with van der Waals surface area (Å²) in [5, 5.41) is 13.8. The molecule has 2 heterocycles. The lowest BCUT2D eigenvalue weighted by Crippen LogP contribution is -2.50. The zero-order chi connectivity index (χ0) is 24.7. The number of hydrogen-bond acceptors (Lipinski definition) is 4. The van der Waals surface area contributed by atoms with Crippen LogP contribution in [0.1, 0.15) is 0 Å². The van der Waals surface area contributed by atoms with E-state index in [0.717, 1.165) is 30.8 Å². The van der Waals surface area contributed by atoms with E-state index in [1.165, 1.54) is 16.4 Å². The Hall–Kier alpha value is -1.46. The lowest BCUT2D eigenvalue weighted by Gasteiger charge is -2.35. The number of aliphatic hydroxyl groups excluding tert-OH is 1. The minimum Gasteiger partial charge on any atom is -0.390 e. The van der Waals surface area contributed by atoms with Crippen LogP contribution in [-0.4, -0.2) is 66.1 Å². The van der Waals surface area contributed by atoms with E-state index < -0.39 is 16.1 Å². The standard InChI is InChI=1S/C25H24Br2ClN3O3S/c26-17-1-7-24-22(13-17)23-14-18(27)2-8-25(23)31(24)16-20(32)15-29-9-11-30(12-10-29)35(33,34)21-5-3-19(28)4-6-21/h1-8,13-14,20,32H,9-12,15-16H2. The summed E-state index contributed by atoms with van der Waals surface area (Å²) in [6, 6.07) is 18.6. The molecule has 5 rings (SSSR count). The van der Waals surface area contributed by atoms with Crippen LogP contribution < -0.4 is 0 Å². The molecule has 35 heavy (non-hydrogen) atoms. The highest BCUT2D eigenvalue weighted by molar-refractivity contribution is 9.10. The number of benzene rings is 3. The van der Waals surface area contributed by atoms with E-state index in [-0.39, 0.29) is 4.90 Å². The number of β-amino-alcohol motifs (C(OH)–C–C–N with tert-alkyl or cyclic N) is 1. The van der Waals surface area contributed by atoms with Crippen LogP contribution in [0.4, 0.5) is 0 Å². The number of rotatable bonds is 6. The summed E-state index contributed by atoms with van der Waals surface area (Å²) in [5.41, 5.74) is 2.14.